The molecule has 14 unspecified atom stereocenters. The second-order valence-corrected chi connectivity index (χ2v) is 28.1. The van der Waals surface area contributed by atoms with E-state index < -0.39 is 167 Å². The van der Waals surface area contributed by atoms with E-state index in [1.54, 1.807) is 67.5 Å². The molecule has 0 saturated carbocycles. The summed E-state index contributed by atoms with van der Waals surface area (Å²) in [6, 6.07) is -14.3. The molecule has 11 amide bonds. The Morgan fingerprint density at radius 2 is 0.934 bits per heavy atom. The van der Waals surface area contributed by atoms with E-state index in [1.165, 1.54) is 104 Å². The van der Waals surface area contributed by atoms with Gasteiger partial charge in [-0.25, -0.2) is 0 Å². The van der Waals surface area contributed by atoms with E-state index >= 15 is 14.4 Å². The van der Waals surface area contributed by atoms with Crippen molar-refractivity contribution in [1.82, 2.24) is 55.6 Å². The molecule has 0 aromatic carbocycles. The van der Waals surface area contributed by atoms with E-state index in [2.05, 4.69) is 21.3 Å². The van der Waals surface area contributed by atoms with Gasteiger partial charge >= 0.3 is 0 Å². The van der Waals surface area contributed by atoms with Crippen molar-refractivity contribution in [2.24, 2.45) is 41.4 Å². The fraction of sp³-hybridized carbons (Fsp3) is 0.803. The lowest BCUT2D eigenvalue weighted by Gasteiger charge is -2.41. The molecule has 0 aromatic rings. The van der Waals surface area contributed by atoms with Crippen molar-refractivity contribution < 1.29 is 67.7 Å². The maximum atomic E-state index is 15.2. The lowest BCUT2D eigenvalue weighted by atomic mass is 9.91. The molecule has 1 heterocycles. The van der Waals surface area contributed by atoms with Gasteiger partial charge in [-0.1, -0.05) is 102 Å². The highest BCUT2D eigenvalue weighted by molar-refractivity contribution is 6.00. The molecule has 0 aliphatic carbocycles. The number of amides is 11. The van der Waals surface area contributed by atoms with Crippen molar-refractivity contribution >= 4 is 65.0 Å². The minimum atomic E-state index is -1.65. The summed E-state index contributed by atoms with van der Waals surface area (Å²) < 4.78 is 5.86. The molecule has 0 aromatic heterocycles. The minimum Gasteiger partial charge on any atom is -0.390 e. The number of nitrogens with one attached hydrogen (secondary N) is 4. The monoisotopic (exact) mass is 1290 g/mol. The zero-order valence-corrected chi connectivity index (χ0v) is 60.0. The zero-order valence-electron chi connectivity index (χ0n) is 60.0. The van der Waals surface area contributed by atoms with Gasteiger partial charge in [-0.05, 0) is 109 Å². The maximum Gasteiger partial charge on any atom is 0.246 e. The van der Waals surface area contributed by atoms with Gasteiger partial charge in [0.15, 0.2) is 0 Å². The lowest BCUT2D eigenvalue weighted by Crippen LogP contribution is -2.64. The van der Waals surface area contributed by atoms with Gasteiger partial charge in [0.1, 0.15) is 66.5 Å². The predicted octanol–water partition coefficient (Wildman–Crippen LogP) is 3.03. The van der Waals surface area contributed by atoms with E-state index in [4.69, 9.17) is 4.74 Å². The maximum absolute atomic E-state index is 15.2. The van der Waals surface area contributed by atoms with Gasteiger partial charge in [0.25, 0.3) is 0 Å². The molecule has 91 heavy (non-hydrogen) atoms. The fourth-order valence-corrected chi connectivity index (χ4v) is 11.4. The first kappa shape index (κ1) is 82.8. The zero-order chi connectivity index (χ0) is 70.8. The van der Waals surface area contributed by atoms with Crippen LogP contribution in [0, 0.1) is 41.4 Å². The summed E-state index contributed by atoms with van der Waals surface area (Å²) in [6.45, 7) is 31.8. The molecule has 14 atom stereocenters. The normalized spacial score (nSPS) is 27.2. The van der Waals surface area contributed by atoms with E-state index in [1.807, 2.05) is 41.5 Å². The topological polar surface area (TPSA) is 308 Å². The van der Waals surface area contributed by atoms with Crippen molar-refractivity contribution in [3.63, 3.8) is 0 Å². The number of hydrogen-bond donors (Lipinski definition) is 6. The fourth-order valence-electron chi connectivity index (χ4n) is 11.4. The molecule has 6 N–H and O–H groups in total. The third-order valence-corrected chi connectivity index (χ3v) is 17.2. The SMILES string of the molecule is CC=CCC(C)C(O)C1C(=O)NC(CC)C(=O)N(C)C(C)C(=O)N(C)C(C(C)COCC(C)(C)O)C(=O)NC(C(C)C)C(=O)N(C)C(CC(C)C)C(=O)NC(C)C(=O)NC(C)C(=O)N(C)C(CC(C)C)C(=O)N(C)C(CC(C)C)C(=O)N(C)C(C(C)C)C(=O)N1C. The van der Waals surface area contributed by atoms with Gasteiger partial charge in [0.2, 0.25) is 65.0 Å². The third kappa shape index (κ3) is 23.4. The summed E-state index contributed by atoms with van der Waals surface area (Å²) in [7, 11) is 9.78. The Balaban J connectivity index is 4.46. The van der Waals surface area contributed by atoms with Crippen LogP contribution in [0.3, 0.4) is 0 Å². The lowest BCUT2D eigenvalue weighted by molar-refractivity contribution is -0.157. The smallest absolute Gasteiger partial charge is 0.246 e. The minimum absolute atomic E-state index is 0.0238. The molecule has 1 rings (SSSR count). The Bertz CT molecular complexity index is 2500. The van der Waals surface area contributed by atoms with Crippen LogP contribution in [-0.4, -0.2) is 250 Å². The molecule has 0 spiro atoms. The van der Waals surface area contributed by atoms with Crippen LogP contribution in [0.25, 0.3) is 0 Å². The number of carbonyl (C=O) groups is 11. The Morgan fingerprint density at radius 3 is 1.40 bits per heavy atom. The number of nitrogens with zero attached hydrogens (tertiary/aromatic N) is 7. The summed E-state index contributed by atoms with van der Waals surface area (Å²) in [5.74, 6) is -11.1. The van der Waals surface area contributed by atoms with Crippen molar-refractivity contribution in [3.05, 3.63) is 12.2 Å². The number of hydrogen-bond acceptors (Lipinski definition) is 14. The molecule has 25 nitrogen and oxygen atoms in total. The standard InChI is InChI=1S/C66H119N11O14/c1-27-29-30-41(13)54(78)53-58(82)69-46(28-2)61(85)71(20)45(17)60(84)76(25)52(42(14)34-91-35-66(18,19)90)57(81)70-50(39(9)10)64(88)72(21)47(31-36(3)4)56(80)67-43(15)55(79)68-44(16)59(83)73(22)48(32-37(5)6)62(86)74(23)49(33-38(7)8)63(87)75(24)51(40(11)12)65(89)77(53)26/h27,29,36-54,78,90H,28,30-35H2,1-26H3,(H,67,80)(H,68,79)(H,69,82)(H,70,81). The average Bonchev–Trinajstić information content (AvgIpc) is 1.07. The van der Waals surface area contributed by atoms with E-state index in [0.717, 1.165) is 14.7 Å². The van der Waals surface area contributed by atoms with Gasteiger partial charge in [-0.15, -0.1) is 0 Å². The molecule has 1 aliphatic heterocycles. The summed E-state index contributed by atoms with van der Waals surface area (Å²) in [4.78, 5) is 171. The number of aliphatic hydroxyl groups is 2. The summed E-state index contributed by atoms with van der Waals surface area (Å²) in [5, 5.41) is 33.7. The van der Waals surface area contributed by atoms with Crippen LogP contribution in [0.15, 0.2) is 12.2 Å². The first-order chi connectivity index (χ1) is 41.8. The van der Waals surface area contributed by atoms with Gasteiger partial charge in [-0.2, -0.15) is 0 Å². The van der Waals surface area contributed by atoms with Crippen LogP contribution in [0.4, 0.5) is 0 Å². The van der Waals surface area contributed by atoms with Crippen LogP contribution >= 0.6 is 0 Å². The van der Waals surface area contributed by atoms with E-state index in [-0.39, 0.29) is 63.1 Å². The summed E-state index contributed by atoms with van der Waals surface area (Å²) in [6.07, 6.45) is 2.69. The highest BCUT2D eigenvalue weighted by Crippen LogP contribution is 2.26. The molecular weight excluding hydrogens is 1170 g/mol. The van der Waals surface area contributed by atoms with Crippen molar-refractivity contribution in [2.45, 2.75) is 242 Å². The number of likely N-dealkylation sites (N-methyl/N-ethyl adjacent to an activating group) is 7. The van der Waals surface area contributed by atoms with Crippen molar-refractivity contribution in [3.8, 4) is 0 Å². The molecule has 0 bridgehead atoms. The second-order valence-electron chi connectivity index (χ2n) is 28.1. The number of aliphatic hydroxyl groups excluding tert-OH is 1. The van der Waals surface area contributed by atoms with Gasteiger partial charge in [-0.3, -0.25) is 52.7 Å². The second kappa shape index (κ2) is 36.9. The Hall–Kier alpha value is -6.21. The first-order valence-electron chi connectivity index (χ1n) is 32.5. The van der Waals surface area contributed by atoms with Crippen molar-refractivity contribution in [1.29, 1.82) is 0 Å². The van der Waals surface area contributed by atoms with Gasteiger partial charge < -0.3 is 70.5 Å². The van der Waals surface area contributed by atoms with E-state index in [0.29, 0.717) is 0 Å². The molecule has 522 valence electrons. The quantitative estimate of drug-likeness (QED) is 0.108. The Morgan fingerprint density at radius 1 is 0.495 bits per heavy atom. The van der Waals surface area contributed by atoms with Crippen LogP contribution in [-0.2, 0) is 57.5 Å². The van der Waals surface area contributed by atoms with Gasteiger partial charge in [0, 0.05) is 55.3 Å². The molecule has 25 heteroatoms. The first-order valence-corrected chi connectivity index (χ1v) is 32.5. The van der Waals surface area contributed by atoms with Crippen LogP contribution < -0.4 is 21.3 Å². The molecular formula is C66H119N11O14. The average molecular weight is 1290 g/mol. The predicted molar refractivity (Wildman–Crippen MR) is 350 cm³/mol. The summed E-state index contributed by atoms with van der Waals surface area (Å²) >= 11 is 0. The largest absolute Gasteiger partial charge is 0.390 e. The van der Waals surface area contributed by atoms with E-state index in [9.17, 15) is 48.6 Å². The molecule has 1 saturated heterocycles. The van der Waals surface area contributed by atoms with Crippen molar-refractivity contribution in [2.75, 3.05) is 62.5 Å². The number of ether oxygens (including phenoxy) is 1. The molecule has 1 aliphatic rings. The van der Waals surface area contributed by atoms with Crippen LogP contribution in [0.5, 0.6) is 0 Å². The number of rotatable bonds is 18. The third-order valence-electron chi connectivity index (χ3n) is 17.2. The Labute approximate surface area is 544 Å². The van der Waals surface area contributed by atoms with Gasteiger partial charge in [0.05, 0.1) is 24.9 Å². The molecule has 1 fully saturated rings. The van der Waals surface area contributed by atoms with Crippen LogP contribution in [0.1, 0.15) is 164 Å². The number of carbonyl (C=O) groups excluding carboxylic acids is 11. The highest BCUT2D eigenvalue weighted by atomic mass is 16.5. The Kier molecular flexibility index (Phi) is 33.6. The van der Waals surface area contributed by atoms with Crippen LogP contribution in [0.2, 0.25) is 0 Å². The number of allylic oxidation sites excluding steroid dienone is 2. The highest BCUT2D eigenvalue weighted by Gasteiger charge is 2.46. The summed E-state index contributed by atoms with van der Waals surface area (Å²) in [5.41, 5.74) is -1.27. The molecule has 0 radical (unpaired) electrons.